The Morgan fingerprint density at radius 1 is 0.958 bits per heavy atom. The van der Waals surface area contributed by atoms with Crippen LogP contribution in [0.1, 0.15) is 42.8 Å². The summed E-state index contributed by atoms with van der Waals surface area (Å²) in [7, 11) is -1.92. The van der Waals surface area contributed by atoms with Crippen molar-refractivity contribution in [1.82, 2.24) is 0 Å². The van der Waals surface area contributed by atoms with E-state index in [1.54, 1.807) is 24.3 Å². The number of carbonyl (C=O) groups is 1. The van der Waals surface area contributed by atoms with Crippen molar-refractivity contribution in [3.63, 3.8) is 0 Å². The minimum absolute atomic E-state index is 0.00471. The molecule has 2 aromatic carbocycles. The summed E-state index contributed by atoms with van der Waals surface area (Å²) in [6.45, 7) is 6.52. The highest BCUT2D eigenvalue weighted by atomic mass is 35.5. The molecule has 0 fully saturated rings. The van der Waals surface area contributed by atoms with Gasteiger partial charge in [-0.05, 0) is 48.0 Å². The second kappa shape index (κ2) is 8.61. The van der Waals surface area contributed by atoms with E-state index in [2.05, 4.69) is 20.8 Å². The Labute approximate surface area is 150 Å². The molecule has 128 valence electrons. The molecule has 0 aromatic heterocycles. The van der Waals surface area contributed by atoms with Crippen molar-refractivity contribution < 1.29 is 9.22 Å². The Balaban J connectivity index is 2.39. The van der Waals surface area contributed by atoms with Crippen molar-refractivity contribution >= 4 is 25.7 Å². The molecule has 1 unspecified atom stereocenters. The van der Waals surface area contributed by atoms with Gasteiger partial charge in [0.2, 0.25) is 0 Å². The highest BCUT2D eigenvalue weighted by Crippen LogP contribution is 2.32. The number of carbonyl (C=O) groups excluding carboxylic acids is 1. The lowest BCUT2D eigenvalue weighted by Crippen LogP contribution is -2.39. The highest BCUT2D eigenvalue weighted by molar-refractivity contribution is 6.73. The zero-order valence-corrected chi connectivity index (χ0v) is 16.3. The van der Waals surface area contributed by atoms with Gasteiger partial charge in [-0.1, -0.05) is 62.7 Å². The van der Waals surface area contributed by atoms with Gasteiger partial charge in [-0.2, -0.15) is 0 Å². The monoisotopic (exact) mass is 360 g/mol. The molecule has 0 spiro atoms. The molecule has 0 radical (unpaired) electrons. The second-order valence-electron chi connectivity index (χ2n) is 6.02. The summed E-state index contributed by atoms with van der Waals surface area (Å²) >= 11 is 5.95. The fraction of sp³-hybridized carbons (Fsp3) is 0.350. The van der Waals surface area contributed by atoms with Gasteiger partial charge in [-0.25, -0.2) is 0 Å². The number of hydrogen-bond acceptors (Lipinski definition) is 2. The standard InChI is InChI=1S/C20H25ClO2Si/c1-4-24(5-2,6-3)23-20(17-10-8-7-9-11-17)19(22)16-12-14-18(21)15-13-16/h7-15,20H,4-6H2,1-3H3. The topological polar surface area (TPSA) is 26.3 Å². The van der Waals surface area contributed by atoms with Gasteiger partial charge < -0.3 is 4.43 Å². The van der Waals surface area contributed by atoms with Gasteiger partial charge in [0.25, 0.3) is 0 Å². The largest absolute Gasteiger partial charge is 0.403 e. The maximum atomic E-state index is 13.1. The number of ketones is 1. The van der Waals surface area contributed by atoms with Crippen LogP contribution in [0.25, 0.3) is 0 Å². The fourth-order valence-corrected chi connectivity index (χ4v) is 5.79. The van der Waals surface area contributed by atoms with E-state index < -0.39 is 14.4 Å². The first-order valence-electron chi connectivity index (χ1n) is 8.57. The van der Waals surface area contributed by atoms with Gasteiger partial charge in [0.1, 0.15) is 6.10 Å². The van der Waals surface area contributed by atoms with Crippen molar-refractivity contribution in [2.45, 2.75) is 45.0 Å². The van der Waals surface area contributed by atoms with Gasteiger partial charge in [0.15, 0.2) is 14.1 Å². The van der Waals surface area contributed by atoms with Crippen LogP contribution in [-0.2, 0) is 4.43 Å². The maximum Gasteiger partial charge on any atom is 0.194 e. The summed E-state index contributed by atoms with van der Waals surface area (Å²) in [5.41, 5.74) is 1.56. The van der Waals surface area contributed by atoms with Gasteiger partial charge >= 0.3 is 0 Å². The van der Waals surface area contributed by atoms with Crippen molar-refractivity contribution in [1.29, 1.82) is 0 Å². The lowest BCUT2D eigenvalue weighted by molar-refractivity contribution is 0.0772. The molecule has 0 saturated carbocycles. The summed E-state index contributed by atoms with van der Waals surface area (Å²) in [4.78, 5) is 13.1. The van der Waals surface area contributed by atoms with Crippen molar-refractivity contribution in [3.05, 3.63) is 70.7 Å². The molecule has 0 N–H and O–H groups in total. The number of rotatable bonds is 8. The quantitative estimate of drug-likeness (QED) is 0.408. The second-order valence-corrected chi connectivity index (χ2v) is 11.2. The summed E-state index contributed by atoms with van der Waals surface area (Å²) in [5, 5.41) is 0.628. The van der Waals surface area contributed by atoms with Crippen LogP contribution >= 0.6 is 11.6 Å². The van der Waals surface area contributed by atoms with Gasteiger partial charge in [-0.15, -0.1) is 0 Å². The minimum atomic E-state index is -1.92. The Hall–Kier alpha value is -1.42. The Morgan fingerprint density at radius 2 is 1.50 bits per heavy atom. The fourth-order valence-electron chi connectivity index (χ4n) is 2.92. The van der Waals surface area contributed by atoms with E-state index in [-0.39, 0.29) is 5.78 Å². The van der Waals surface area contributed by atoms with Gasteiger partial charge in [-0.3, -0.25) is 4.79 Å². The van der Waals surface area contributed by atoms with E-state index in [0.717, 1.165) is 23.7 Å². The third kappa shape index (κ3) is 4.35. The van der Waals surface area contributed by atoms with Crippen LogP contribution in [0, 0.1) is 0 Å². The first-order valence-corrected chi connectivity index (χ1v) is 11.5. The average Bonchev–Trinajstić information content (AvgIpc) is 2.64. The van der Waals surface area contributed by atoms with Crippen molar-refractivity contribution in [2.24, 2.45) is 0 Å². The van der Waals surface area contributed by atoms with Crippen LogP contribution in [0.5, 0.6) is 0 Å². The van der Waals surface area contributed by atoms with E-state index in [1.807, 2.05) is 30.3 Å². The lowest BCUT2D eigenvalue weighted by atomic mass is 10.0. The first kappa shape index (κ1) is 18.9. The minimum Gasteiger partial charge on any atom is -0.403 e. The van der Waals surface area contributed by atoms with Crippen LogP contribution in [0.3, 0.4) is 0 Å². The molecule has 24 heavy (non-hydrogen) atoms. The molecular weight excluding hydrogens is 336 g/mol. The normalized spacial score (nSPS) is 12.8. The number of Topliss-reactive ketones (excluding diaryl/α,β-unsaturated/α-hetero) is 1. The van der Waals surface area contributed by atoms with Crippen LogP contribution < -0.4 is 0 Å². The van der Waals surface area contributed by atoms with Crippen molar-refractivity contribution in [3.8, 4) is 0 Å². The molecule has 0 saturated heterocycles. The Morgan fingerprint density at radius 3 is 2.00 bits per heavy atom. The molecule has 1 atom stereocenters. The maximum absolute atomic E-state index is 13.1. The molecular formula is C20H25ClO2Si. The SMILES string of the molecule is CC[Si](CC)(CC)OC(C(=O)c1ccc(Cl)cc1)c1ccccc1. The summed E-state index contributed by atoms with van der Waals surface area (Å²) in [6.07, 6.45) is -0.543. The first-order chi connectivity index (χ1) is 11.5. The molecule has 0 aliphatic heterocycles. The molecule has 0 aliphatic carbocycles. The van der Waals surface area contributed by atoms with E-state index in [1.165, 1.54) is 0 Å². The molecule has 0 heterocycles. The van der Waals surface area contributed by atoms with Crippen molar-refractivity contribution in [2.75, 3.05) is 0 Å². The molecule has 2 aromatic rings. The third-order valence-electron chi connectivity index (χ3n) is 4.77. The van der Waals surface area contributed by atoms with Crippen LogP contribution in [-0.4, -0.2) is 14.1 Å². The van der Waals surface area contributed by atoms with Crippen LogP contribution in [0.15, 0.2) is 54.6 Å². The highest BCUT2D eigenvalue weighted by Gasteiger charge is 2.35. The molecule has 2 nitrogen and oxygen atoms in total. The molecule has 0 bridgehead atoms. The smallest absolute Gasteiger partial charge is 0.194 e. The van der Waals surface area contributed by atoms with E-state index in [0.29, 0.717) is 10.6 Å². The Kier molecular flexibility index (Phi) is 6.78. The van der Waals surface area contributed by atoms with Gasteiger partial charge in [0.05, 0.1) is 0 Å². The molecule has 0 aliphatic rings. The zero-order valence-electron chi connectivity index (χ0n) is 14.6. The van der Waals surface area contributed by atoms with Crippen LogP contribution in [0.4, 0.5) is 0 Å². The lowest BCUT2D eigenvalue weighted by Gasteiger charge is -2.33. The summed E-state index contributed by atoms with van der Waals surface area (Å²) < 4.78 is 6.57. The predicted octanol–water partition coefficient (Wildman–Crippen LogP) is 6.29. The van der Waals surface area contributed by atoms with E-state index in [9.17, 15) is 4.79 Å². The zero-order chi connectivity index (χ0) is 17.6. The summed E-state index contributed by atoms with van der Waals surface area (Å²) in [5.74, 6) is 0.00471. The van der Waals surface area contributed by atoms with E-state index in [4.69, 9.17) is 16.0 Å². The average molecular weight is 361 g/mol. The molecule has 4 heteroatoms. The third-order valence-corrected chi connectivity index (χ3v) is 9.62. The predicted molar refractivity (Wildman–Crippen MR) is 103 cm³/mol. The molecule has 2 rings (SSSR count). The Bertz CT molecular complexity index is 643. The van der Waals surface area contributed by atoms with Gasteiger partial charge in [0, 0.05) is 10.6 Å². The van der Waals surface area contributed by atoms with Crippen LogP contribution in [0.2, 0.25) is 23.2 Å². The molecule has 0 amide bonds. The summed E-state index contributed by atoms with van der Waals surface area (Å²) in [6, 6.07) is 19.9. The number of benzene rings is 2. The number of hydrogen-bond donors (Lipinski definition) is 0. The van der Waals surface area contributed by atoms with E-state index >= 15 is 0 Å². The number of halogens is 1.